The maximum Gasteiger partial charge on any atom is 0.303 e. The van der Waals surface area contributed by atoms with Crippen molar-refractivity contribution in [2.45, 2.75) is 104 Å². The van der Waals surface area contributed by atoms with E-state index in [2.05, 4.69) is 33.6 Å². The molecule has 6 atom stereocenters. The molecule has 1 aromatic heterocycles. The van der Waals surface area contributed by atoms with Gasteiger partial charge in [-0.2, -0.15) is 12.6 Å². The number of aliphatic carboxylic acids is 2. The van der Waals surface area contributed by atoms with Crippen molar-refractivity contribution < 1.29 is 29.4 Å². The first kappa shape index (κ1) is 33.4. The SMILES string of the molecule is CCC1=C(C)C(CC2=C(C)[C@H](CCC(=O)O)/C(=C/c3[nH]c(C[C@@H]4NC(=O)[C@H](C)[C@H]4[C@H](C)S)c(C)c3CCC(=O)O)N2)NC1=O. The quantitative estimate of drug-likeness (QED) is 0.161. The Bertz CT molecular complexity index is 1440. The summed E-state index contributed by atoms with van der Waals surface area (Å²) in [6.07, 6.45) is 4.47. The van der Waals surface area contributed by atoms with Gasteiger partial charge < -0.3 is 31.1 Å². The van der Waals surface area contributed by atoms with Crippen molar-refractivity contribution in [2.75, 3.05) is 0 Å². The van der Waals surface area contributed by atoms with Crippen molar-refractivity contribution in [1.82, 2.24) is 20.9 Å². The Kier molecular flexibility index (Phi) is 10.4. The summed E-state index contributed by atoms with van der Waals surface area (Å²) in [7, 11) is 0. The molecule has 6 N–H and O–H groups in total. The summed E-state index contributed by atoms with van der Waals surface area (Å²) < 4.78 is 0. The van der Waals surface area contributed by atoms with E-state index in [1.807, 2.05) is 47.6 Å². The molecular weight excluding hydrogens is 580 g/mol. The third-order valence-electron chi connectivity index (χ3n) is 9.83. The van der Waals surface area contributed by atoms with Crippen LogP contribution < -0.4 is 16.0 Å². The van der Waals surface area contributed by atoms with Gasteiger partial charge in [0.25, 0.3) is 0 Å². The predicted octanol–water partition coefficient (Wildman–Crippen LogP) is 4.27. The third-order valence-corrected chi connectivity index (χ3v) is 10.2. The lowest BCUT2D eigenvalue weighted by molar-refractivity contribution is -0.138. The minimum Gasteiger partial charge on any atom is -0.481 e. The average molecular weight is 627 g/mol. The predicted molar refractivity (Wildman–Crippen MR) is 172 cm³/mol. The standard InChI is InChI=1S/C33H46N4O6S/c1-7-20-15(2)25(36-33(20)43)12-23-16(3)21(8-10-29(38)39)26(34-23)14-27-22(9-11-30(40)41)17(4)24(35-27)13-28-31(19(6)44)18(5)32(42)37-28/h14,18-19,21,25,28,31,34-35,44H,7-13H2,1-6H3,(H,36,43)(H,37,42)(H,38,39)(H,40,41)/b26-14-/t18-,19+,21+,25?,28+,31+/m1/s1. The zero-order valence-corrected chi connectivity index (χ0v) is 27.4. The first-order valence-corrected chi connectivity index (χ1v) is 16.1. The number of carboxylic acid groups (broad SMARTS) is 2. The highest BCUT2D eigenvalue weighted by molar-refractivity contribution is 7.80. The first-order chi connectivity index (χ1) is 20.7. The topological polar surface area (TPSA) is 161 Å². The zero-order chi connectivity index (χ0) is 32.5. The van der Waals surface area contributed by atoms with E-state index < -0.39 is 11.9 Å². The largest absolute Gasteiger partial charge is 0.481 e. The molecule has 0 saturated carbocycles. The number of hydrogen-bond donors (Lipinski definition) is 7. The van der Waals surface area contributed by atoms with Crippen LogP contribution in [0.3, 0.4) is 0 Å². The molecule has 240 valence electrons. The number of aromatic nitrogens is 1. The Morgan fingerprint density at radius 3 is 2.30 bits per heavy atom. The van der Waals surface area contributed by atoms with Gasteiger partial charge in [0, 0.05) is 83.1 Å². The Morgan fingerprint density at radius 2 is 1.70 bits per heavy atom. The molecule has 4 heterocycles. The lowest BCUT2D eigenvalue weighted by atomic mass is 9.86. The summed E-state index contributed by atoms with van der Waals surface area (Å²) in [4.78, 5) is 51.7. The summed E-state index contributed by atoms with van der Waals surface area (Å²) in [5.74, 6) is -2.07. The van der Waals surface area contributed by atoms with E-state index in [4.69, 9.17) is 0 Å². The molecule has 0 radical (unpaired) electrons. The number of carbonyl (C=O) groups is 4. The van der Waals surface area contributed by atoms with E-state index >= 15 is 0 Å². The molecule has 1 saturated heterocycles. The molecule has 2 amide bonds. The molecule has 0 bridgehead atoms. The maximum absolute atomic E-state index is 12.5. The van der Waals surface area contributed by atoms with E-state index in [1.54, 1.807) is 0 Å². The minimum absolute atomic E-state index is 0.00285. The molecule has 3 aliphatic rings. The third kappa shape index (κ3) is 6.92. The van der Waals surface area contributed by atoms with E-state index in [1.165, 1.54) is 0 Å². The molecule has 1 unspecified atom stereocenters. The summed E-state index contributed by atoms with van der Waals surface area (Å²) in [6.45, 7) is 11.9. The van der Waals surface area contributed by atoms with Gasteiger partial charge in [-0.15, -0.1) is 0 Å². The summed E-state index contributed by atoms with van der Waals surface area (Å²) in [5.41, 5.74) is 8.24. The first-order valence-electron chi connectivity index (χ1n) is 15.5. The average Bonchev–Trinajstić information content (AvgIpc) is 3.59. The van der Waals surface area contributed by atoms with Crippen molar-refractivity contribution >= 4 is 42.5 Å². The van der Waals surface area contributed by atoms with Crippen LogP contribution >= 0.6 is 12.6 Å². The molecule has 10 nitrogen and oxygen atoms in total. The van der Waals surface area contributed by atoms with Gasteiger partial charge in [-0.3, -0.25) is 19.2 Å². The molecule has 1 aromatic rings. The van der Waals surface area contributed by atoms with Crippen LogP contribution in [0.25, 0.3) is 6.08 Å². The molecule has 11 heteroatoms. The smallest absolute Gasteiger partial charge is 0.303 e. The van der Waals surface area contributed by atoms with Crippen LogP contribution in [-0.4, -0.2) is 56.3 Å². The Balaban J connectivity index is 1.69. The highest BCUT2D eigenvalue weighted by Gasteiger charge is 2.42. The van der Waals surface area contributed by atoms with Crippen LogP contribution in [0.4, 0.5) is 0 Å². The van der Waals surface area contributed by atoms with Crippen LogP contribution in [0.1, 0.15) is 89.2 Å². The number of allylic oxidation sites excluding steroid dienone is 1. The fourth-order valence-corrected chi connectivity index (χ4v) is 7.70. The monoisotopic (exact) mass is 626 g/mol. The van der Waals surface area contributed by atoms with E-state index in [0.717, 1.165) is 50.6 Å². The Hall–Kier alpha value is -3.47. The molecule has 0 aliphatic carbocycles. The van der Waals surface area contributed by atoms with Gasteiger partial charge >= 0.3 is 11.9 Å². The number of hydrogen-bond acceptors (Lipinski definition) is 6. The number of rotatable bonds is 13. The summed E-state index contributed by atoms with van der Waals surface area (Å²) in [6, 6.07) is -0.240. The van der Waals surface area contributed by atoms with Crippen LogP contribution in [0, 0.1) is 24.7 Å². The molecule has 0 aromatic carbocycles. The van der Waals surface area contributed by atoms with Crippen molar-refractivity contribution in [3.8, 4) is 0 Å². The van der Waals surface area contributed by atoms with Gasteiger partial charge in [0.15, 0.2) is 0 Å². The maximum atomic E-state index is 12.5. The number of thiol groups is 1. The minimum atomic E-state index is -0.891. The Labute approximate surface area is 264 Å². The van der Waals surface area contributed by atoms with Crippen LogP contribution in [0.2, 0.25) is 0 Å². The summed E-state index contributed by atoms with van der Waals surface area (Å²) >= 11 is 4.67. The van der Waals surface area contributed by atoms with Gasteiger partial charge in [-0.05, 0) is 68.4 Å². The van der Waals surface area contributed by atoms with E-state index in [-0.39, 0.29) is 59.7 Å². The zero-order valence-electron chi connectivity index (χ0n) is 26.5. The van der Waals surface area contributed by atoms with Crippen LogP contribution in [-0.2, 0) is 32.0 Å². The second kappa shape index (κ2) is 13.7. The number of nitrogens with one attached hydrogen (secondary N) is 4. The highest BCUT2D eigenvalue weighted by atomic mass is 32.1. The van der Waals surface area contributed by atoms with Crippen LogP contribution in [0.15, 0.2) is 28.1 Å². The second-order valence-corrected chi connectivity index (χ2v) is 13.4. The van der Waals surface area contributed by atoms with Gasteiger partial charge in [-0.1, -0.05) is 20.8 Å². The molecule has 1 fully saturated rings. The van der Waals surface area contributed by atoms with Crippen LogP contribution in [0.5, 0.6) is 0 Å². The molecule has 4 rings (SSSR count). The van der Waals surface area contributed by atoms with Crippen molar-refractivity contribution in [1.29, 1.82) is 0 Å². The van der Waals surface area contributed by atoms with Crippen molar-refractivity contribution in [3.63, 3.8) is 0 Å². The van der Waals surface area contributed by atoms with E-state index in [9.17, 15) is 29.4 Å². The fraction of sp³-hybridized carbons (Fsp3) is 0.576. The normalized spacial score (nSPS) is 26.8. The second-order valence-electron chi connectivity index (χ2n) is 12.6. The van der Waals surface area contributed by atoms with E-state index in [0.29, 0.717) is 32.1 Å². The van der Waals surface area contributed by atoms with Gasteiger partial charge in [-0.25, -0.2) is 0 Å². The van der Waals surface area contributed by atoms with Crippen molar-refractivity contribution in [3.05, 3.63) is 50.6 Å². The number of carboxylic acids is 2. The van der Waals surface area contributed by atoms with Gasteiger partial charge in [0.2, 0.25) is 11.8 Å². The number of aromatic amines is 1. The highest BCUT2D eigenvalue weighted by Crippen LogP contribution is 2.38. The van der Waals surface area contributed by atoms with Gasteiger partial charge in [0.1, 0.15) is 0 Å². The molecule has 44 heavy (non-hydrogen) atoms. The van der Waals surface area contributed by atoms with Gasteiger partial charge in [0.05, 0.1) is 6.04 Å². The lowest BCUT2D eigenvalue weighted by Gasteiger charge is -2.24. The number of H-pyrrole nitrogens is 1. The fourth-order valence-electron chi connectivity index (χ4n) is 7.23. The molecule has 0 spiro atoms. The molecule has 3 aliphatic heterocycles. The molecular formula is C33H46N4O6S. The summed E-state index contributed by atoms with van der Waals surface area (Å²) in [5, 5.41) is 28.8. The number of amides is 2. The Morgan fingerprint density at radius 1 is 1.02 bits per heavy atom. The van der Waals surface area contributed by atoms with Crippen molar-refractivity contribution in [2.24, 2.45) is 17.8 Å². The lowest BCUT2D eigenvalue weighted by Crippen LogP contribution is -2.34. The number of carbonyl (C=O) groups excluding carboxylic acids is 2.